The van der Waals surface area contributed by atoms with Crippen LogP contribution in [0.25, 0.3) is 10.9 Å². The Kier molecular flexibility index (Phi) is 5.34. The molecule has 2 aromatic carbocycles. The van der Waals surface area contributed by atoms with Crippen LogP contribution in [0.4, 0.5) is 0 Å². The van der Waals surface area contributed by atoms with E-state index in [2.05, 4.69) is 5.32 Å². The van der Waals surface area contributed by atoms with Gasteiger partial charge in [-0.05, 0) is 23.8 Å². The van der Waals surface area contributed by atoms with Crippen molar-refractivity contribution in [1.82, 2.24) is 14.5 Å². The lowest BCUT2D eigenvalue weighted by Crippen LogP contribution is -2.47. The number of nitrogens with one attached hydrogen (secondary N) is 1. The number of aryl methyl sites for hydroxylation is 1. The standard InChI is InChI=1S/C23H21N3O4/c1-25-19-10-6-5-9-18(19)22(28)26(23(25)29)20(13-16-7-3-2-4-8-16)21(27)24-14-17-11-12-30-15-17/h2-12,15,20H,13-14H2,1H3,(H,24,27). The van der Waals surface area contributed by atoms with Gasteiger partial charge in [0.05, 0.1) is 23.4 Å². The van der Waals surface area contributed by atoms with Crippen molar-refractivity contribution in [1.29, 1.82) is 0 Å². The van der Waals surface area contributed by atoms with Gasteiger partial charge < -0.3 is 9.73 Å². The molecule has 0 saturated carbocycles. The van der Waals surface area contributed by atoms with E-state index in [-0.39, 0.29) is 13.0 Å². The minimum absolute atomic E-state index is 0.214. The molecule has 0 spiro atoms. The molecule has 0 radical (unpaired) electrons. The van der Waals surface area contributed by atoms with Crippen molar-refractivity contribution in [2.45, 2.75) is 19.0 Å². The van der Waals surface area contributed by atoms with E-state index in [0.29, 0.717) is 10.9 Å². The lowest BCUT2D eigenvalue weighted by atomic mass is 10.0. The summed E-state index contributed by atoms with van der Waals surface area (Å²) >= 11 is 0. The van der Waals surface area contributed by atoms with Crippen molar-refractivity contribution in [3.05, 3.63) is 105 Å². The summed E-state index contributed by atoms with van der Waals surface area (Å²) in [5, 5.41) is 3.21. The number of carbonyl (C=O) groups excluding carboxylic acids is 1. The van der Waals surface area contributed by atoms with Crippen molar-refractivity contribution < 1.29 is 9.21 Å². The van der Waals surface area contributed by atoms with Gasteiger partial charge in [-0.2, -0.15) is 0 Å². The number of carbonyl (C=O) groups is 1. The molecule has 0 aliphatic carbocycles. The van der Waals surface area contributed by atoms with Crippen molar-refractivity contribution in [2.75, 3.05) is 0 Å². The first-order chi connectivity index (χ1) is 14.6. The smallest absolute Gasteiger partial charge is 0.331 e. The molecule has 1 unspecified atom stereocenters. The van der Waals surface area contributed by atoms with Crippen molar-refractivity contribution in [2.24, 2.45) is 7.05 Å². The number of rotatable bonds is 6. The maximum atomic E-state index is 13.2. The zero-order chi connectivity index (χ0) is 21.1. The number of aromatic nitrogens is 2. The minimum atomic E-state index is -0.991. The summed E-state index contributed by atoms with van der Waals surface area (Å²) in [5.41, 5.74) is 1.16. The van der Waals surface area contributed by atoms with Gasteiger partial charge in [-0.15, -0.1) is 0 Å². The maximum Gasteiger partial charge on any atom is 0.331 e. The Morgan fingerprint density at radius 2 is 1.73 bits per heavy atom. The molecule has 2 heterocycles. The van der Waals surface area contributed by atoms with Crippen LogP contribution in [0.15, 0.2) is 87.2 Å². The first-order valence-corrected chi connectivity index (χ1v) is 9.59. The first kappa shape index (κ1) is 19.4. The largest absolute Gasteiger partial charge is 0.472 e. The molecule has 30 heavy (non-hydrogen) atoms. The molecule has 152 valence electrons. The molecule has 7 heteroatoms. The van der Waals surface area contributed by atoms with Gasteiger partial charge in [-0.3, -0.25) is 14.2 Å². The molecule has 0 aliphatic rings. The molecule has 4 aromatic rings. The molecular formula is C23H21N3O4. The van der Waals surface area contributed by atoms with E-state index >= 15 is 0 Å². The third kappa shape index (κ3) is 3.69. The van der Waals surface area contributed by atoms with Crippen LogP contribution >= 0.6 is 0 Å². The molecule has 0 saturated heterocycles. The number of furan rings is 1. The van der Waals surface area contributed by atoms with Gasteiger partial charge in [0.1, 0.15) is 6.04 Å². The summed E-state index contributed by atoms with van der Waals surface area (Å²) in [6.07, 6.45) is 3.27. The molecule has 0 aliphatic heterocycles. The van der Waals surface area contributed by atoms with Crippen LogP contribution in [0.1, 0.15) is 17.2 Å². The Hall–Kier alpha value is -3.87. The number of hydrogen-bond donors (Lipinski definition) is 1. The number of amides is 1. The maximum absolute atomic E-state index is 13.2. The van der Waals surface area contributed by atoms with Crippen molar-refractivity contribution in [3.63, 3.8) is 0 Å². The Morgan fingerprint density at radius 3 is 2.47 bits per heavy atom. The van der Waals surface area contributed by atoms with Crippen LogP contribution in [0.2, 0.25) is 0 Å². The summed E-state index contributed by atoms with van der Waals surface area (Å²) in [6.45, 7) is 0.239. The highest BCUT2D eigenvalue weighted by atomic mass is 16.3. The number of para-hydroxylation sites is 1. The highest BCUT2D eigenvalue weighted by Crippen LogP contribution is 2.15. The molecule has 1 atom stereocenters. The van der Waals surface area contributed by atoms with Crippen molar-refractivity contribution >= 4 is 16.8 Å². The van der Waals surface area contributed by atoms with Gasteiger partial charge in [-0.1, -0.05) is 42.5 Å². The van der Waals surface area contributed by atoms with Gasteiger partial charge in [0, 0.05) is 25.6 Å². The van der Waals surface area contributed by atoms with Gasteiger partial charge in [-0.25, -0.2) is 9.36 Å². The second-order valence-corrected chi connectivity index (χ2v) is 7.09. The van der Waals surface area contributed by atoms with Crippen LogP contribution in [-0.2, 0) is 24.8 Å². The van der Waals surface area contributed by atoms with E-state index in [1.165, 1.54) is 17.1 Å². The van der Waals surface area contributed by atoms with E-state index in [1.807, 2.05) is 30.3 Å². The number of fused-ring (bicyclic) bond motifs is 1. The van der Waals surface area contributed by atoms with Gasteiger partial charge in [0.2, 0.25) is 5.91 Å². The molecule has 4 rings (SSSR count). The minimum Gasteiger partial charge on any atom is -0.472 e. The van der Waals surface area contributed by atoms with Gasteiger partial charge >= 0.3 is 5.69 Å². The highest BCUT2D eigenvalue weighted by molar-refractivity contribution is 5.82. The summed E-state index contributed by atoms with van der Waals surface area (Å²) < 4.78 is 7.49. The summed E-state index contributed by atoms with van der Waals surface area (Å²) in [7, 11) is 1.60. The van der Waals surface area contributed by atoms with Gasteiger partial charge in [0.15, 0.2) is 0 Å². The Labute approximate surface area is 172 Å². The number of hydrogen-bond acceptors (Lipinski definition) is 4. The summed E-state index contributed by atoms with van der Waals surface area (Å²) in [5.74, 6) is -0.408. The Morgan fingerprint density at radius 1 is 1.00 bits per heavy atom. The first-order valence-electron chi connectivity index (χ1n) is 9.59. The zero-order valence-electron chi connectivity index (χ0n) is 16.4. The lowest BCUT2D eigenvalue weighted by Gasteiger charge is -2.20. The Balaban J connectivity index is 1.80. The average Bonchev–Trinajstić information content (AvgIpc) is 3.30. The molecule has 1 amide bonds. The predicted octanol–water partition coefficient (Wildman–Crippen LogP) is 2.39. The van der Waals surface area contributed by atoms with E-state index in [4.69, 9.17) is 4.42 Å². The third-order valence-electron chi connectivity index (χ3n) is 5.14. The third-order valence-corrected chi connectivity index (χ3v) is 5.14. The Bertz CT molecular complexity index is 1290. The van der Waals surface area contributed by atoms with E-state index in [9.17, 15) is 14.4 Å². The fourth-order valence-corrected chi connectivity index (χ4v) is 3.54. The topological polar surface area (TPSA) is 86.2 Å². The van der Waals surface area contributed by atoms with E-state index < -0.39 is 23.2 Å². The fourth-order valence-electron chi connectivity index (χ4n) is 3.54. The second kappa shape index (κ2) is 8.24. The van der Waals surface area contributed by atoms with Crippen molar-refractivity contribution in [3.8, 4) is 0 Å². The SMILES string of the molecule is Cn1c(=O)n(C(Cc2ccccc2)C(=O)NCc2ccoc2)c(=O)c2ccccc21. The van der Waals surface area contributed by atoms with Crippen LogP contribution in [-0.4, -0.2) is 15.0 Å². The normalized spacial score (nSPS) is 12.0. The summed E-state index contributed by atoms with van der Waals surface area (Å²) in [6, 6.07) is 17.0. The monoisotopic (exact) mass is 403 g/mol. The lowest BCUT2D eigenvalue weighted by molar-refractivity contribution is -0.124. The molecule has 2 aromatic heterocycles. The van der Waals surface area contributed by atoms with Crippen LogP contribution in [0.3, 0.4) is 0 Å². The van der Waals surface area contributed by atoms with Crippen LogP contribution < -0.4 is 16.6 Å². The average molecular weight is 403 g/mol. The highest BCUT2D eigenvalue weighted by Gasteiger charge is 2.26. The zero-order valence-corrected chi connectivity index (χ0v) is 16.4. The quantitative estimate of drug-likeness (QED) is 0.536. The van der Waals surface area contributed by atoms with Crippen LogP contribution in [0, 0.1) is 0 Å². The van der Waals surface area contributed by atoms with E-state index in [0.717, 1.165) is 15.7 Å². The molecular weight excluding hydrogens is 382 g/mol. The van der Waals surface area contributed by atoms with Crippen LogP contribution in [0.5, 0.6) is 0 Å². The predicted molar refractivity (Wildman–Crippen MR) is 113 cm³/mol. The molecule has 0 fully saturated rings. The molecule has 7 nitrogen and oxygen atoms in total. The van der Waals surface area contributed by atoms with Gasteiger partial charge in [0.25, 0.3) is 5.56 Å². The fraction of sp³-hybridized carbons (Fsp3) is 0.174. The molecule has 0 bridgehead atoms. The summed E-state index contributed by atoms with van der Waals surface area (Å²) in [4.78, 5) is 39.5. The molecule has 1 N–H and O–H groups in total. The number of benzene rings is 2. The van der Waals surface area contributed by atoms with E-state index in [1.54, 1.807) is 37.4 Å². The second-order valence-electron chi connectivity index (χ2n) is 7.09. The number of nitrogens with zero attached hydrogens (tertiary/aromatic N) is 2.